The molecule has 0 unspecified atom stereocenters. The second-order valence-electron chi connectivity index (χ2n) is 6.52. The van der Waals surface area contributed by atoms with Gasteiger partial charge in [-0.2, -0.15) is 5.10 Å². The van der Waals surface area contributed by atoms with Crippen LogP contribution < -0.4 is 10.5 Å². The molecule has 3 N–H and O–H groups in total. The number of hydrogen-bond donors (Lipinski definition) is 2. The lowest BCUT2D eigenvalue weighted by Gasteiger charge is -2.38. The highest BCUT2D eigenvalue weighted by molar-refractivity contribution is 14.1. The minimum atomic E-state index is -3.72. The van der Waals surface area contributed by atoms with Crippen molar-refractivity contribution < 1.29 is 13.2 Å². The molecule has 1 fully saturated rings. The van der Waals surface area contributed by atoms with Crippen LogP contribution in [0.25, 0.3) is 10.2 Å². The largest absolute Gasteiger partial charge is 0.397 e. The Morgan fingerprint density at radius 3 is 2.71 bits per heavy atom. The number of amides is 1. The molecule has 1 aliphatic heterocycles. The Morgan fingerprint density at radius 1 is 1.36 bits per heavy atom. The van der Waals surface area contributed by atoms with Gasteiger partial charge in [0.2, 0.25) is 0 Å². The van der Waals surface area contributed by atoms with Crippen LogP contribution in [0.5, 0.6) is 0 Å². The molecule has 3 aromatic heterocycles. The van der Waals surface area contributed by atoms with Gasteiger partial charge in [0.15, 0.2) is 5.03 Å². The fourth-order valence-corrected chi connectivity index (χ4v) is 5.76. The normalized spacial score (nSPS) is 15.2. The quantitative estimate of drug-likeness (QED) is 0.480. The van der Waals surface area contributed by atoms with Crippen molar-refractivity contribution >= 4 is 66.0 Å². The van der Waals surface area contributed by atoms with Crippen molar-refractivity contribution in [2.75, 3.05) is 18.8 Å². The predicted molar refractivity (Wildman–Crippen MR) is 113 cm³/mol. The fraction of sp³-hybridized carbons (Fsp3) is 0.333. The van der Waals surface area contributed by atoms with Gasteiger partial charge >= 0.3 is 0 Å². The van der Waals surface area contributed by atoms with Crippen LogP contribution in [0.2, 0.25) is 0 Å². The van der Waals surface area contributed by atoms with Crippen LogP contribution in [0, 0.1) is 13.8 Å². The summed E-state index contributed by atoms with van der Waals surface area (Å²) < 4.78 is 28.7. The number of hydrogen-bond acceptors (Lipinski definition) is 8. The van der Waals surface area contributed by atoms with Gasteiger partial charge in [0.1, 0.15) is 16.0 Å². The lowest BCUT2D eigenvalue weighted by molar-refractivity contribution is 0.0598. The van der Waals surface area contributed by atoms with Crippen LogP contribution >= 0.6 is 34.2 Å². The number of aryl methyl sites for hydroxylation is 2. The number of fused-ring (bicyclic) bond motifs is 1. The number of rotatable bonds is 4. The lowest BCUT2D eigenvalue weighted by Crippen LogP contribution is -2.60. The Morgan fingerprint density at radius 2 is 2.07 bits per heavy atom. The van der Waals surface area contributed by atoms with Crippen LogP contribution in [-0.4, -0.2) is 56.3 Å². The number of thiophene rings is 1. The topological polar surface area (TPSA) is 136 Å². The summed E-state index contributed by atoms with van der Waals surface area (Å²) in [5.74, 6) is -0.232. The molecule has 4 rings (SSSR count). The molecule has 0 saturated carbocycles. The number of nitrogens with zero attached hydrogens (tertiary/aromatic N) is 5. The number of halogens is 1. The highest BCUT2D eigenvalue weighted by atomic mass is 127. The van der Waals surface area contributed by atoms with Gasteiger partial charge in [-0.1, -0.05) is 0 Å². The Balaban J connectivity index is 1.48. The van der Waals surface area contributed by atoms with Crippen LogP contribution in [-0.2, 0) is 10.0 Å². The maximum atomic E-state index is 12.8. The number of imidazole rings is 1. The van der Waals surface area contributed by atoms with Crippen molar-refractivity contribution in [3.63, 3.8) is 0 Å². The molecule has 0 bridgehead atoms. The summed E-state index contributed by atoms with van der Waals surface area (Å²) in [7, 11) is -3.72. The fourth-order valence-electron chi connectivity index (χ4n) is 2.96. The van der Waals surface area contributed by atoms with Crippen molar-refractivity contribution in [1.82, 2.24) is 27.6 Å². The van der Waals surface area contributed by atoms with Crippen LogP contribution in [0.15, 0.2) is 17.6 Å². The molecule has 0 spiro atoms. The van der Waals surface area contributed by atoms with Gasteiger partial charge in [-0.25, -0.2) is 18.1 Å². The van der Waals surface area contributed by atoms with Gasteiger partial charge in [-0.05, 0) is 19.4 Å². The Hall–Kier alpha value is -1.84. The summed E-state index contributed by atoms with van der Waals surface area (Å²) in [6, 6.07) is -0.368. The summed E-state index contributed by atoms with van der Waals surface area (Å²) >= 11 is 3.12. The van der Waals surface area contributed by atoms with Crippen LogP contribution in [0.1, 0.15) is 20.9 Å². The summed E-state index contributed by atoms with van der Waals surface area (Å²) in [5, 5.41) is 8.91. The Bertz CT molecular complexity index is 1200. The van der Waals surface area contributed by atoms with Crippen molar-refractivity contribution in [2.45, 2.75) is 24.9 Å². The summed E-state index contributed by atoms with van der Waals surface area (Å²) in [4.78, 5) is 19.2. The number of likely N-dealkylation sites (tertiary alicyclic amines) is 1. The molecule has 148 valence electrons. The zero-order chi connectivity index (χ0) is 20.2. The van der Waals surface area contributed by atoms with Crippen molar-refractivity contribution in [2.24, 2.45) is 0 Å². The van der Waals surface area contributed by atoms with Gasteiger partial charge in [0, 0.05) is 18.5 Å². The monoisotopic (exact) mass is 533 g/mol. The third-order valence-electron chi connectivity index (χ3n) is 4.62. The summed E-state index contributed by atoms with van der Waals surface area (Å²) in [5.41, 5.74) is 8.28. The molecule has 10 nitrogen and oxygen atoms in total. The van der Waals surface area contributed by atoms with E-state index in [-0.39, 0.29) is 30.1 Å². The SMILES string of the molecule is Cc1nnc2sc(C(=O)N3CC(NS(=O)(=O)c4cn(I)cn4)C3)c(N)c2c1C. The van der Waals surface area contributed by atoms with E-state index in [2.05, 4.69) is 19.9 Å². The van der Waals surface area contributed by atoms with E-state index in [1.54, 1.807) is 4.90 Å². The first-order chi connectivity index (χ1) is 13.2. The molecule has 0 aromatic carbocycles. The average molecular weight is 533 g/mol. The number of carbonyl (C=O) groups excluding carboxylic acids is 1. The highest BCUT2D eigenvalue weighted by Gasteiger charge is 2.36. The van der Waals surface area contributed by atoms with Gasteiger partial charge in [0.25, 0.3) is 15.9 Å². The molecule has 28 heavy (non-hydrogen) atoms. The van der Waals surface area contributed by atoms with Crippen molar-refractivity contribution in [3.05, 3.63) is 28.7 Å². The van der Waals surface area contributed by atoms with Crippen molar-refractivity contribution in [3.8, 4) is 0 Å². The molecule has 3 aromatic rings. The number of anilines is 1. The first-order valence-electron chi connectivity index (χ1n) is 8.21. The van der Waals surface area contributed by atoms with Gasteiger partial charge in [-0.15, -0.1) is 16.4 Å². The number of nitrogen functional groups attached to an aromatic ring is 1. The summed E-state index contributed by atoms with van der Waals surface area (Å²) in [6.07, 6.45) is 2.82. The van der Waals surface area contributed by atoms with E-state index in [0.29, 0.717) is 15.4 Å². The zero-order valence-corrected chi connectivity index (χ0v) is 18.7. The van der Waals surface area contributed by atoms with Crippen LogP contribution in [0.4, 0.5) is 5.69 Å². The Kier molecular flexibility index (Phi) is 4.79. The molecule has 4 heterocycles. The smallest absolute Gasteiger partial charge is 0.266 e. The molecular formula is C15H16IN7O3S2. The number of nitrogens with two attached hydrogens (primary N) is 1. The van der Waals surface area contributed by atoms with Gasteiger partial charge in [0.05, 0.1) is 46.5 Å². The molecule has 0 atom stereocenters. The molecular weight excluding hydrogens is 517 g/mol. The third kappa shape index (κ3) is 3.25. The lowest BCUT2D eigenvalue weighted by atomic mass is 10.1. The van der Waals surface area contributed by atoms with Gasteiger partial charge < -0.3 is 10.6 Å². The second kappa shape index (κ2) is 6.89. The number of carbonyl (C=O) groups is 1. The van der Waals surface area contributed by atoms with Crippen LogP contribution in [0.3, 0.4) is 0 Å². The zero-order valence-electron chi connectivity index (χ0n) is 14.9. The summed E-state index contributed by atoms with van der Waals surface area (Å²) in [6.45, 7) is 4.27. The molecule has 1 aliphatic rings. The van der Waals surface area contributed by atoms with E-state index < -0.39 is 10.0 Å². The third-order valence-corrected chi connectivity index (χ3v) is 7.63. The average Bonchev–Trinajstić information content (AvgIpc) is 3.18. The molecule has 1 amide bonds. The number of aromatic nitrogens is 4. The molecule has 13 heteroatoms. The van der Waals surface area contributed by atoms with E-state index >= 15 is 0 Å². The maximum Gasteiger partial charge on any atom is 0.266 e. The predicted octanol–water partition coefficient (Wildman–Crippen LogP) is 1.09. The van der Waals surface area contributed by atoms with E-state index in [4.69, 9.17) is 5.73 Å². The maximum absolute atomic E-state index is 12.8. The number of nitrogens with one attached hydrogen (secondary N) is 1. The van der Waals surface area contributed by atoms with Gasteiger partial charge in [-0.3, -0.25) is 7.58 Å². The van der Waals surface area contributed by atoms with E-state index in [1.165, 1.54) is 26.6 Å². The number of sulfonamides is 1. The van der Waals surface area contributed by atoms with E-state index in [9.17, 15) is 13.2 Å². The van der Waals surface area contributed by atoms with E-state index in [0.717, 1.165) is 16.6 Å². The minimum absolute atomic E-state index is 0.0511. The highest BCUT2D eigenvalue weighted by Crippen LogP contribution is 2.36. The standard InChI is InChI=1S/C15H16IN7O3S2/c1-7-8(2)19-20-14-11(7)12(17)13(27-14)15(24)22-3-9(4-22)21-28(25,26)10-5-23(16)6-18-10/h5-6,9,21H,3-4,17H2,1-2H3. The minimum Gasteiger partial charge on any atom is -0.397 e. The van der Waals surface area contributed by atoms with E-state index in [1.807, 2.05) is 36.7 Å². The first kappa shape index (κ1) is 19.5. The van der Waals surface area contributed by atoms with Crippen molar-refractivity contribution in [1.29, 1.82) is 0 Å². The Labute approximate surface area is 178 Å². The molecule has 0 radical (unpaired) electrons. The molecule has 0 aliphatic carbocycles. The molecule has 1 saturated heterocycles. The first-order valence-corrected chi connectivity index (χ1v) is 11.5. The second-order valence-corrected chi connectivity index (χ2v) is 10.3.